The van der Waals surface area contributed by atoms with Crippen LogP contribution in [-0.4, -0.2) is 10.2 Å². The third-order valence-corrected chi connectivity index (χ3v) is 6.32. The number of phenols is 2. The molecule has 0 radical (unpaired) electrons. The Kier molecular flexibility index (Phi) is 7.37. The quantitative estimate of drug-likeness (QED) is 0.221. The van der Waals surface area contributed by atoms with Gasteiger partial charge in [-0.15, -0.1) is 0 Å². The van der Waals surface area contributed by atoms with Crippen molar-refractivity contribution in [2.24, 2.45) is 0 Å². The monoisotopic (exact) mass is 495 g/mol. The van der Waals surface area contributed by atoms with Gasteiger partial charge in [0.05, 0.1) is 0 Å². The highest BCUT2D eigenvalue weighted by molar-refractivity contribution is 5.79. The summed E-state index contributed by atoms with van der Waals surface area (Å²) in [6.45, 7) is 2.10. The fourth-order valence-corrected chi connectivity index (χ4v) is 4.17. The maximum absolute atomic E-state index is 9.49. The summed E-state index contributed by atoms with van der Waals surface area (Å²) in [6, 6.07) is 39.9. The van der Waals surface area contributed by atoms with Crippen molar-refractivity contribution in [3.8, 4) is 11.5 Å². The molecule has 38 heavy (non-hydrogen) atoms. The second-order valence-electron chi connectivity index (χ2n) is 9.20. The van der Waals surface area contributed by atoms with Crippen molar-refractivity contribution in [2.75, 3.05) is 4.90 Å². The van der Waals surface area contributed by atoms with Crippen LogP contribution < -0.4 is 4.90 Å². The van der Waals surface area contributed by atoms with Gasteiger partial charge in [0.2, 0.25) is 0 Å². The molecule has 5 aromatic carbocycles. The van der Waals surface area contributed by atoms with Gasteiger partial charge in [-0.05, 0) is 89.8 Å². The number of rotatable bonds is 7. The Morgan fingerprint density at radius 2 is 0.658 bits per heavy atom. The van der Waals surface area contributed by atoms with Gasteiger partial charge in [0, 0.05) is 17.1 Å². The molecule has 0 aliphatic rings. The largest absolute Gasteiger partial charge is 0.508 e. The molecular formula is C35H29NO2. The molecule has 0 fully saturated rings. The predicted molar refractivity (Wildman–Crippen MR) is 160 cm³/mol. The highest BCUT2D eigenvalue weighted by Gasteiger charge is 2.12. The van der Waals surface area contributed by atoms with E-state index in [0.717, 1.165) is 39.3 Å². The predicted octanol–water partition coefficient (Wildman–Crippen LogP) is 9.22. The van der Waals surface area contributed by atoms with E-state index < -0.39 is 0 Å². The number of aryl methyl sites for hydroxylation is 1. The van der Waals surface area contributed by atoms with E-state index in [-0.39, 0.29) is 11.5 Å². The van der Waals surface area contributed by atoms with E-state index in [9.17, 15) is 10.2 Å². The van der Waals surface area contributed by atoms with Crippen LogP contribution in [-0.2, 0) is 0 Å². The molecule has 5 aromatic rings. The van der Waals surface area contributed by atoms with E-state index in [0.29, 0.717) is 0 Å². The summed E-state index contributed by atoms with van der Waals surface area (Å²) in [7, 11) is 0. The van der Waals surface area contributed by atoms with Crippen LogP contribution >= 0.6 is 0 Å². The van der Waals surface area contributed by atoms with Crippen LogP contribution in [0.2, 0.25) is 0 Å². The Morgan fingerprint density at radius 1 is 0.395 bits per heavy atom. The molecule has 0 heterocycles. The summed E-state index contributed by atoms with van der Waals surface area (Å²) < 4.78 is 0. The molecule has 2 N–H and O–H groups in total. The van der Waals surface area contributed by atoms with Gasteiger partial charge in [-0.1, -0.05) is 90.5 Å². The standard InChI is InChI=1S/C35H29NO2/c1-26-2-16-31(17-3-26)36(32-18-8-27(9-19-32)4-6-29-12-22-34(37)23-13-29)33-20-10-28(11-21-33)5-7-30-14-24-35(38)25-15-30/h2-25,37-38H,1H3. The number of nitrogens with zero attached hydrogens (tertiary/aromatic N) is 1. The summed E-state index contributed by atoms with van der Waals surface area (Å²) in [6.07, 6.45) is 8.22. The van der Waals surface area contributed by atoms with Crippen LogP contribution in [0.3, 0.4) is 0 Å². The molecule has 3 nitrogen and oxygen atoms in total. The van der Waals surface area contributed by atoms with Gasteiger partial charge in [-0.25, -0.2) is 0 Å². The Balaban J connectivity index is 1.40. The van der Waals surface area contributed by atoms with Crippen LogP contribution in [0.25, 0.3) is 24.3 Å². The third-order valence-electron chi connectivity index (χ3n) is 6.32. The molecule has 0 saturated heterocycles. The molecule has 0 saturated carbocycles. The van der Waals surface area contributed by atoms with Gasteiger partial charge in [0.25, 0.3) is 0 Å². The fourth-order valence-electron chi connectivity index (χ4n) is 4.17. The number of hydrogen-bond donors (Lipinski definition) is 2. The van der Waals surface area contributed by atoms with Crippen molar-refractivity contribution in [3.63, 3.8) is 0 Å². The first-order valence-electron chi connectivity index (χ1n) is 12.5. The van der Waals surface area contributed by atoms with Crippen molar-refractivity contribution < 1.29 is 10.2 Å². The molecule has 0 aliphatic heterocycles. The normalized spacial score (nSPS) is 11.3. The molecule has 0 amide bonds. The number of benzene rings is 5. The van der Waals surface area contributed by atoms with E-state index in [4.69, 9.17) is 0 Å². The van der Waals surface area contributed by atoms with E-state index in [2.05, 4.69) is 96.8 Å². The third kappa shape index (κ3) is 6.21. The molecule has 0 atom stereocenters. The molecule has 0 unspecified atom stereocenters. The summed E-state index contributed by atoms with van der Waals surface area (Å²) in [5.74, 6) is 0.535. The zero-order chi connectivity index (χ0) is 26.3. The minimum atomic E-state index is 0.268. The summed E-state index contributed by atoms with van der Waals surface area (Å²) in [4.78, 5) is 2.25. The molecule has 0 aliphatic carbocycles. The van der Waals surface area contributed by atoms with E-state index in [1.807, 2.05) is 36.4 Å². The van der Waals surface area contributed by atoms with Crippen molar-refractivity contribution in [3.05, 3.63) is 149 Å². The highest BCUT2D eigenvalue weighted by atomic mass is 16.3. The Morgan fingerprint density at radius 3 is 0.974 bits per heavy atom. The zero-order valence-electron chi connectivity index (χ0n) is 21.2. The van der Waals surface area contributed by atoms with Crippen molar-refractivity contribution >= 4 is 41.4 Å². The number of hydrogen-bond acceptors (Lipinski definition) is 3. The van der Waals surface area contributed by atoms with Gasteiger partial charge >= 0.3 is 0 Å². The molecule has 0 aromatic heterocycles. The van der Waals surface area contributed by atoms with Gasteiger partial charge in [-0.3, -0.25) is 0 Å². The van der Waals surface area contributed by atoms with E-state index in [1.54, 1.807) is 24.3 Å². The first kappa shape index (κ1) is 24.7. The second-order valence-corrected chi connectivity index (χ2v) is 9.20. The van der Waals surface area contributed by atoms with E-state index in [1.165, 1.54) is 5.56 Å². The fraction of sp³-hybridized carbons (Fsp3) is 0.0286. The lowest BCUT2D eigenvalue weighted by molar-refractivity contribution is 0.474. The first-order valence-corrected chi connectivity index (χ1v) is 12.5. The lowest BCUT2D eigenvalue weighted by Gasteiger charge is -2.26. The number of aromatic hydroxyl groups is 2. The highest BCUT2D eigenvalue weighted by Crippen LogP contribution is 2.35. The van der Waals surface area contributed by atoms with Crippen LogP contribution in [0.15, 0.2) is 121 Å². The Hall–Kier alpha value is -5.02. The van der Waals surface area contributed by atoms with Crippen molar-refractivity contribution in [2.45, 2.75) is 6.92 Å². The van der Waals surface area contributed by atoms with Gasteiger partial charge in [0.1, 0.15) is 11.5 Å². The van der Waals surface area contributed by atoms with Gasteiger partial charge in [-0.2, -0.15) is 0 Å². The molecule has 3 heteroatoms. The molecule has 0 bridgehead atoms. The molecule has 0 spiro atoms. The average molecular weight is 496 g/mol. The van der Waals surface area contributed by atoms with Crippen LogP contribution in [0.1, 0.15) is 27.8 Å². The van der Waals surface area contributed by atoms with Crippen molar-refractivity contribution in [1.82, 2.24) is 0 Å². The summed E-state index contributed by atoms with van der Waals surface area (Å²) in [5, 5.41) is 19.0. The number of anilines is 3. The summed E-state index contributed by atoms with van der Waals surface area (Å²) >= 11 is 0. The van der Waals surface area contributed by atoms with Crippen LogP contribution in [0, 0.1) is 6.92 Å². The lowest BCUT2D eigenvalue weighted by Crippen LogP contribution is -2.09. The van der Waals surface area contributed by atoms with Gasteiger partial charge in [0.15, 0.2) is 0 Å². The summed E-state index contributed by atoms with van der Waals surface area (Å²) in [5.41, 5.74) is 8.72. The smallest absolute Gasteiger partial charge is 0.115 e. The SMILES string of the molecule is Cc1ccc(N(c2ccc(C=Cc3ccc(O)cc3)cc2)c2ccc(C=Cc3ccc(O)cc3)cc2)cc1. The van der Waals surface area contributed by atoms with Crippen LogP contribution in [0.4, 0.5) is 17.1 Å². The lowest BCUT2D eigenvalue weighted by atomic mass is 10.1. The molecule has 186 valence electrons. The minimum Gasteiger partial charge on any atom is -0.508 e. The van der Waals surface area contributed by atoms with Crippen molar-refractivity contribution in [1.29, 1.82) is 0 Å². The first-order chi connectivity index (χ1) is 18.5. The van der Waals surface area contributed by atoms with E-state index >= 15 is 0 Å². The zero-order valence-corrected chi connectivity index (χ0v) is 21.2. The Labute approximate surface area is 223 Å². The molecule has 5 rings (SSSR count). The topological polar surface area (TPSA) is 43.7 Å². The maximum Gasteiger partial charge on any atom is 0.115 e. The van der Waals surface area contributed by atoms with Gasteiger partial charge < -0.3 is 15.1 Å². The maximum atomic E-state index is 9.49. The second kappa shape index (κ2) is 11.4. The molecular weight excluding hydrogens is 466 g/mol. The number of phenolic OH excluding ortho intramolecular Hbond substituents is 2. The Bertz CT molecular complexity index is 1430. The van der Waals surface area contributed by atoms with Crippen LogP contribution in [0.5, 0.6) is 11.5 Å². The average Bonchev–Trinajstić information content (AvgIpc) is 2.95. The minimum absolute atomic E-state index is 0.268.